The molecule has 172 valence electrons. The number of nitrogens with zero attached hydrogens (tertiary/aromatic N) is 4. The zero-order valence-electron chi connectivity index (χ0n) is 19.1. The molecule has 0 aliphatic heterocycles. The molecule has 1 heterocycles. The van der Waals surface area contributed by atoms with Gasteiger partial charge in [0.05, 0.1) is 5.69 Å². The Hall–Kier alpha value is -2.30. The Balaban J connectivity index is 0.00000480. The lowest BCUT2D eigenvalue weighted by molar-refractivity contribution is -0.119. The molecule has 0 fully saturated rings. The van der Waals surface area contributed by atoms with Gasteiger partial charge in [-0.05, 0) is 37.0 Å². The number of ether oxygens (including phenoxy) is 1. The number of guanidine groups is 1. The van der Waals surface area contributed by atoms with Gasteiger partial charge in [-0.15, -0.1) is 24.0 Å². The zero-order valence-corrected chi connectivity index (χ0v) is 21.4. The molecule has 0 radical (unpaired) electrons. The van der Waals surface area contributed by atoms with Crippen LogP contribution in [0.2, 0.25) is 0 Å². The minimum absolute atomic E-state index is 0. The monoisotopic (exact) mass is 542 g/mol. The van der Waals surface area contributed by atoms with Crippen LogP contribution in [-0.4, -0.2) is 53.3 Å². The topological polar surface area (TPSA) is 97.8 Å². The molecule has 8 nitrogen and oxygen atoms in total. The van der Waals surface area contributed by atoms with Crippen LogP contribution < -0.4 is 15.8 Å². The molecule has 9 heteroatoms. The second-order valence-electron chi connectivity index (χ2n) is 7.61. The number of hydrogen-bond acceptors (Lipinski definition) is 4. The summed E-state index contributed by atoms with van der Waals surface area (Å²) in [5.41, 5.74) is 8.58. The van der Waals surface area contributed by atoms with Crippen LogP contribution in [0.4, 0.5) is 0 Å². The maximum Gasteiger partial charge on any atom is 0.255 e. The highest BCUT2D eigenvalue weighted by Gasteiger charge is 2.15. The van der Waals surface area contributed by atoms with Crippen LogP contribution in [-0.2, 0) is 24.8 Å². The number of aryl methyl sites for hydroxylation is 1. The SMILES string of the molecule is CCNC(=NCCc1ccc(OCC(N)=O)cc1)N(C)Cc1cn(C)nc1C(C)C.I. The molecule has 0 aliphatic rings. The molecular weight excluding hydrogens is 507 g/mol. The standard InChI is InChI=1S/C22H34N6O2.HI/c1-6-24-22(27(4)13-18-14-28(5)26-21(18)16(2)3)25-12-11-17-7-9-19(10-8-17)30-15-20(23)29;/h7-10,14,16H,6,11-13,15H2,1-5H3,(H2,23,29)(H,24,25);1H. The van der Waals surface area contributed by atoms with E-state index in [1.807, 2.05) is 43.0 Å². The number of carbonyl (C=O) groups excluding carboxylic acids is 1. The summed E-state index contributed by atoms with van der Waals surface area (Å²) in [4.78, 5) is 17.7. The number of carbonyl (C=O) groups is 1. The van der Waals surface area contributed by atoms with Gasteiger partial charge in [-0.3, -0.25) is 14.5 Å². The molecular formula is C22H35IN6O2. The summed E-state index contributed by atoms with van der Waals surface area (Å²) >= 11 is 0. The molecule has 3 N–H and O–H groups in total. The van der Waals surface area contributed by atoms with E-state index < -0.39 is 5.91 Å². The number of primary amides is 1. The van der Waals surface area contributed by atoms with Crippen molar-refractivity contribution in [1.82, 2.24) is 20.0 Å². The van der Waals surface area contributed by atoms with E-state index in [4.69, 9.17) is 15.5 Å². The van der Waals surface area contributed by atoms with E-state index in [0.29, 0.717) is 18.2 Å². The zero-order chi connectivity index (χ0) is 22.1. The van der Waals surface area contributed by atoms with Gasteiger partial charge in [0.2, 0.25) is 0 Å². The summed E-state index contributed by atoms with van der Waals surface area (Å²) < 4.78 is 7.16. The number of benzene rings is 1. The molecule has 0 saturated carbocycles. The van der Waals surface area contributed by atoms with Crippen molar-refractivity contribution >= 4 is 35.8 Å². The average molecular weight is 542 g/mol. The largest absolute Gasteiger partial charge is 0.484 e. The van der Waals surface area contributed by atoms with Crippen molar-refractivity contribution in [2.45, 2.75) is 39.7 Å². The summed E-state index contributed by atoms with van der Waals surface area (Å²) in [6.07, 6.45) is 2.89. The predicted octanol–water partition coefficient (Wildman–Crippen LogP) is 2.67. The van der Waals surface area contributed by atoms with Crippen molar-refractivity contribution < 1.29 is 9.53 Å². The first-order chi connectivity index (χ1) is 14.3. The fourth-order valence-corrected chi connectivity index (χ4v) is 3.16. The molecule has 2 rings (SSSR count). The third kappa shape index (κ3) is 8.76. The molecule has 1 amide bonds. The predicted molar refractivity (Wildman–Crippen MR) is 135 cm³/mol. The number of hydrogen-bond donors (Lipinski definition) is 2. The van der Waals surface area contributed by atoms with Crippen molar-refractivity contribution in [3.63, 3.8) is 0 Å². The van der Waals surface area contributed by atoms with Crippen molar-refractivity contribution in [2.24, 2.45) is 17.8 Å². The van der Waals surface area contributed by atoms with Gasteiger partial charge < -0.3 is 20.7 Å². The Bertz CT molecular complexity index is 848. The highest BCUT2D eigenvalue weighted by Crippen LogP contribution is 2.18. The number of aromatic nitrogens is 2. The molecule has 0 spiro atoms. The number of nitrogens with two attached hydrogens (primary N) is 1. The summed E-state index contributed by atoms with van der Waals surface area (Å²) in [5, 5.41) is 7.96. The van der Waals surface area contributed by atoms with E-state index in [2.05, 4.69) is 42.3 Å². The lowest BCUT2D eigenvalue weighted by Crippen LogP contribution is -2.38. The van der Waals surface area contributed by atoms with Gasteiger partial charge in [-0.25, -0.2) is 0 Å². The first-order valence-corrected chi connectivity index (χ1v) is 10.3. The molecule has 0 saturated heterocycles. The minimum Gasteiger partial charge on any atom is -0.484 e. The average Bonchev–Trinajstić information content (AvgIpc) is 3.07. The molecule has 0 bridgehead atoms. The van der Waals surface area contributed by atoms with Crippen LogP contribution >= 0.6 is 24.0 Å². The summed E-state index contributed by atoms with van der Waals surface area (Å²) in [7, 11) is 4.00. The number of nitrogens with one attached hydrogen (secondary N) is 1. The van der Waals surface area contributed by atoms with Gasteiger partial charge in [-0.1, -0.05) is 26.0 Å². The van der Waals surface area contributed by atoms with Crippen LogP contribution in [0.25, 0.3) is 0 Å². The van der Waals surface area contributed by atoms with Gasteiger partial charge in [0.1, 0.15) is 5.75 Å². The Morgan fingerprint density at radius 3 is 2.58 bits per heavy atom. The quantitative estimate of drug-likeness (QED) is 0.274. The first-order valence-electron chi connectivity index (χ1n) is 10.3. The number of amides is 1. The molecule has 0 aliphatic carbocycles. The summed E-state index contributed by atoms with van der Waals surface area (Å²) in [6, 6.07) is 7.64. The van der Waals surface area contributed by atoms with Gasteiger partial charge in [0.15, 0.2) is 12.6 Å². The Kier molecular flexibility index (Phi) is 11.4. The third-order valence-corrected chi connectivity index (χ3v) is 4.55. The van der Waals surface area contributed by atoms with E-state index in [9.17, 15) is 4.79 Å². The van der Waals surface area contributed by atoms with Crippen LogP contribution in [0.3, 0.4) is 0 Å². The second-order valence-corrected chi connectivity index (χ2v) is 7.61. The molecule has 2 aromatic rings. The van der Waals surface area contributed by atoms with Crippen LogP contribution in [0.15, 0.2) is 35.5 Å². The first kappa shape index (κ1) is 26.7. The lowest BCUT2D eigenvalue weighted by Gasteiger charge is -2.22. The summed E-state index contributed by atoms with van der Waals surface area (Å²) in [6.45, 7) is 8.50. The van der Waals surface area contributed by atoms with E-state index in [1.165, 1.54) is 5.56 Å². The molecule has 0 atom stereocenters. The molecule has 0 unspecified atom stereocenters. The van der Waals surface area contributed by atoms with Gasteiger partial charge in [0, 0.05) is 45.5 Å². The lowest BCUT2D eigenvalue weighted by atomic mass is 10.1. The highest BCUT2D eigenvalue weighted by molar-refractivity contribution is 14.0. The maximum atomic E-state index is 10.8. The van der Waals surface area contributed by atoms with Crippen molar-refractivity contribution in [3.8, 4) is 5.75 Å². The fraction of sp³-hybridized carbons (Fsp3) is 0.500. The van der Waals surface area contributed by atoms with E-state index >= 15 is 0 Å². The molecule has 1 aromatic carbocycles. The van der Waals surface area contributed by atoms with Gasteiger partial charge >= 0.3 is 0 Å². The minimum atomic E-state index is -0.486. The van der Waals surface area contributed by atoms with Crippen molar-refractivity contribution in [3.05, 3.63) is 47.3 Å². The van der Waals surface area contributed by atoms with Crippen LogP contribution in [0.5, 0.6) is 5.75 Å². The number of aliphatic imine (C=N–C) groups is 1. The smallest absolute Gasteiger partial charge is 0.255 e. The molecule has 1 aromatic heterocycles. The Morgan fingerprint density at radius 1 is 1.32 bits per heavy atom. The number of halogens is 1. The van der Waals surface area contributed by atoms with Crippen LogP contribution in [0, 0.1) is 0 Å². The van der Waals surface area contributed by atoms with E-state index in [-0.39, 0.29) is 30.6 Å². The highest BCUT2D eigenvalue weighted by atomic mass is 127. The number of rotatable bonds is 10. The van der Waals surface area contributed by atoms with Crippen molar-refractivity contribution in [2.75, 3.05) is 26.7 Å². The Labute approximate surface area is 202 Å². The van der Waals surface area contributed by atoms with Crippen molar-refractivity contribution in [1.29, 1.82) is 0 Å². The van der Waals surface area contributed by atoms with Gasteiger partial charge in [0.25, 0.3) is 5.91 Å². The van der Waals surface area contributed by atoms with Crippen LogP contribution in [0.1, 0.15) is 43.5 Å². The summed E-state index contributed by atoms with van der Waals surface area (Å²) in [5.74, 6) is 1.40. The van der Waals surface area contributed by atoms with Gasteiger partial charge in [-0.2, -0.15) is 5.10 Å². The fourth-order valence-electron chi connectivity index (χ4n) is 3.16. The third-order valence-electron chi connectivity index (χ3n) is 4.55. The Morgan fingerprint density at radius 2 is 2.00 bits per heavy atom. The van der Waals surface area contributed by atoms with E-state index in [0.717, 1.165) is 36.7 Å². The normalized spacial score (nSPS) is 11.2. The second kappa shape index (κ2) is 13.2. The maximum absolute atomic E-state index is 10.8. The van der Waals surface area contributed by atoms with E-state index in [1.54, 1.807) is 0 Å². The molecule has 31 heavy (non-hydrogen) atoms.